The maximum atomic E-state index is 11.8. The molecule has 1 aromatic heterocycles. The maximum absolute atomic E-state index is 11.8. The molecule has 1 heterocycles. The number of hydrogen-bond donors (Lipinski definition) is 1. The molecule has 2 rings (SSSR count). The summed E-state index contributed by atoms with van der Waals surface area (Å²) >= 11 is 1.08. The van der Waals surface area contributed by atoms with Crippen LogP contribution in [0.2, 0.25) is 0 Å². The van der Waals surface area contributed by atoms with Gasteiger partial charge in [0.05, 0.1) is 5.69 Å². The number of aromatic nitrogens is 1. The topological polar surface area (TPSA) is 75.0 Å². The molecule has 0 aliphatic rings. The van der Waals surface area contributed by atoms with E-state index in [0.717, 1.165) is 11.5 Å². The largest absolute Gasteiger partial charge is 0.417 e. The SMILES string of the molecule is CC(C)(C)c1nsc(NC(=O)Oc2ccccc2)c1C#N. The van der Waals surface area contributed by atoms with Crippen LogP contribution in [0, 0.1) is 11.3 Å². The van der Waals surface area contributed by atoms with Crippen molar-refractivity contribution in [3.63, 3.8) is 0 Å². The fourth-order valence-electron chi connectivity index (χ4n) is 1.70. The van der Waals surface area contributed by atoms with Crippen molar-refractivity contribution in [3.8, 4) is 11.8 Å². The van der Waals surface area contributed by atoms with Gasteiger partial charge in [0.2, 0.25) is 0 Å². The van der Waals surface area contributed by atoms with Crippen molar-refractivity contribution in [2.45, 2.75) is 26.2 Å². The van der Waals surface area contributed by atoms with Gasteiger partial charge in [-0.15, -0.1) is 0 Å². The minimum absolute atomic E-state index is 0.259. The van der Waals surface area contributed by atoms with E-state index in [1.54, 1.807) is 24.3 Å². The van der Waals surface area contributed by atoms with Crippen LogP contribution < -0.4 is 10.1 Å². The average Bonchev–Trinajstić information content (AvgIpc) is 2.82. The molecule has 0 radical (unpaired) electrons. The zero-order chi connectivity index (χ0) is 15.5. The summed E-state index contributed by atoms with van der Waals surface area (Å²) in [5, 5.41) is 12.3. The molecule has 0 saturated carbocycles. The number of ether oxygens (including phenoxy) is 1. The molecule has 21 heavy (non-hydrogen) atoms. The first kappa shape index (κ1) is 15.0. The number of carbonyl (C=O) groups is 1. The van der Waals surface area contributed by atoms with Crippen LogP contribution in [0.4, 0.5) is 9.80 Å². The van der Waals surface area contributed by atoms with E-state index in [1.807, 2.05) is 26.8 Å². The second-order valence-electron chi connectivity index (χ2n) is 5.42. The molecule has 1 N–H and O–H groups in total. The minimum Gasteiger partial charge on any atom is -0.410 e. The molecule has 108 valence electrons. The molecule has 5 nitrogen and oxygen atoms in total. The van der Waals surface area contributed by atoms with E-state index in [1.165, 1.54) is 0 Å². The van der Waals surface area contributed by atoms with Gasteiger partial charge in [0.25, 0.3) is 0 Å². The third-order valence-electron chi connectivity index (χ3n) is 2.68. The Morgan fingerprint density at radius 2 is 2.00 bits per heavy atom. The van der Waals surface area contributed by atoms with Crippen molar-refractivity contribution in [2.75, 3.05) is 5.32 Å². The van der Waals surface area contributed by atoms with Crippen LogP contribution in [0.5, 0.6) is 5.75 Å². The van der Waals surface area contributed by atoms with Crippen molar-refractivity contribution >= 4 is 22.6 Å². The van der Waals surface area contributed by atoms with Crippen molar-refractivity contribution < 1.29 is 9.53 Å². The molecule has 0 aliphatic carbocycles. The lowest BCUT2D eigenvalue weighted by Gasteiger charge is -2.15. The van der Waals surface area contributed by atoms with Crippen molar-refractivity contribution in [3.05, 3.63) is 41.6 Å². The fourth-order valence-corrected chi connectivity index (χ4v) is 2.62. The number of hydrogen-bond acceptors (Lipinski definition) is 5. The van der Waals surface area contributed by atoms with E-state index in [9.17, 15) is 10.1 Å². The van der Waals surface area contributed by atoms with Gasteiger partial charge >= 0.3 is 6.09 Å². The van der Waals surface area contributed by atoms with Crippen LogP contribution >= 0.6 is 11.5 Å². The summed E-state index contributed by atoms with van der Waals surface area (Å²) in [6, 6.07) is 10.8. The number of nitrogens with zero attached hydrogens (tertiary/aromatic N) is 2. The van der Waals surface area contributed by atoms with Crippen LogP contribution in [0.3, 0.4) is 0 Å². The molecule has 6 heteroatoms. The lowest BCUT2D eigenvalue weighted by molar-refractivity contribution is 0.215. The molecule has 1 amide bonds. The summed E-state index contributed by atoms with van der Waals surface area (Å²) < 4.78 is 9.40. The number of benzene rings is 1. The first-order valence-corrected chi connectivity index (χ1v) is 7.13. The van der Waals surface area contributed by atoms with E-state index in [0.29, 0.717) is 22.0 Å². The first-order valence-electron chi connectivity index (χ1n) is 6.36. The minimum atomic E-state index is -0.637. The monoisotopic (exact) mass is 301 g/mol. The summed E-state index contributed by atoms with van der Waals surface area (Å²) in [6.45, 7) is 5.90. The number of nitriles is 1. The molecule has 0 atom stereocenters. The maximum Gasteiger partial charge on any atom is 0.417 e. The zero-order valence-corrected chi connectivity index (χ0v) is 12.8. The Morgan fingerprint density at radius 3 is 2.57 bits per heavy atom. The Hall–Kier alpha value is -2.39. The van der Waals surface area contributed by atoms with Crippen LogP contribution in [-0.4, -0.2) is 10.5 Å². The molecule has 0 bridgehead atoms. The van der Waals surface area contributed by atoms with E-state index in [4.69, 9.17) is 4.74 Å². The number of para-hydroxylation sites is 1. The van der Waals surface area contributed by atoms with E-state index >= 15 is 0 Å². The second-order valence-corrected chi connectivity index (χ2v) is 6.20. The molecule has 1 aromatic carbocycles. The highest BCUT2D eigenvalue weighted by molar-refractivity contribution is 7.10. The number of nitrogens with one attached hydrogen (secondary N) is 1. The molecule has 0 spiro atoms. The van der Waals surface area contributed by atoms with Crippen LogP contribution in [0.25, 0.3) is 0 Å². The number of carbonyl (C=O) groups excluding carboxylic acids is 1. The predicted molar refractivity (Wildman–Crippen MR) is 81.6 cm³/mol. The Morgan fingerprint density at radius 1 is 1.33 bits per heavy atom. The van der Waals surface area contributed by atoms with Gasteiger partial charge in [-0.1, -0.05) is 39.0 Å². The fraction of sp³-hybridized carbons (Fsp3) is 0.267. The van der Waals surface area contributed by atoms with Crippen molar-refractivity contribution in [1.29, 1.82) is 5.26 Å². The molecule has 0 unspecified atom stereocenters. The molecule has 0 fully saturated rings. The van der Waals surface area contributed by atoms with E-state index in [2.05, 4.69) is 15.8 Å². The number of rotatable bonds is 2. The standard InChI is InChI=1S/C15H15N3O2S/c1-15(2,3)12-11(9-16)13(21-18-12)17-14(19)20-10-7-5-4-6-8-10/h4-8H,1-3H3,(H,17,19). The zero-order valence-electron chi connectivity index (χ0n) is 12.0. The third kappa shape index (κ3) is 3.58. The summed E-state index contributed by atoms with van der Waals surface area (Å²) in [5.74, 6) is 0.439. The predicted octanol–water partition coefficient (Wildman–Crippen LogP) is 3.92. The highest BCUT2D eigenvalue weighted by Gasteiger charge is 2.25. The number of amides is 1. The number of anilines is 1. The lowest BCUT2D eigenvalue weighted by Crippen LogP contribution is -2.17. The summed E-state index contributed by atoms with van der Waals surface area (Å²) in [7, 11) is 0. The molecule has 0 saturated heterocycles. The van der Waals surface area contributed by atoms with Gasteiger partial charge in [-0.2, -0.15) is 9.64 Å². The third-order valence-corrected chi connectivity index (χ3v) is 3.45. The van der Waals surface area contributed by atoms with Crippen LogP contribution in [0.15, 0.2) is 30.3 Å². The Labute approximate surface area is 127 Å². The quantitative estimate of drug-likeness (QED) is 0.912. The van der Waals surface area contributed by atoms with Gasteiger partial charge in [0.15, 0.2) is 0 Å². The van der Waals surface area contributed by atoms with Gasteiger partial charge in [-0.25, -0.2) is 4.79 Å². The normalized spacial score (nSPS) is 10.8. The Kier molecular flexibility index (Phi) is 4.24. The summed E-state index contributed by atoms with van der Waals surface area (Å²) in [4.78, 5) is 11.8. The Balaban J connectivity index is 2.15. The first-order chi connectivity index (χ1) is 9.91. The van der Waals surface area contributed by atoms with E-state index < -0.39 is 6.09 Å². The van der Waals surface area contributed by atoms with E-state index in [-0.39, 0.29) is 5.41 Å². The van der Waals surface area contributed by atoms with Gasteiger partial charge in [0, 0.05) is 5.41 Å². The molecular formula is C15H15N3O2S. The molecular weight excluding hydrogens is 286 g/mol. The highest BCUT2D eigenvalue weighted by Crippen LogP contribution is 2.32. The Bertz CT molecular complexity index is 681. The smallest absolute Gasteiger partial charge is 0.410 e. The molecule has 0 aliphatic heterocycles. The van der Waals surface area contributed by atoms with Gasteiger partial charge < -0.3 is 4.74 Å². The van der Waals surface area contributed by atoms with Crippen molar-refractivity contribution in [2.24, 2.45) is 0 Å². The lowest BCUT2D eigenvalue weighted by atomic mass is 9.90. The van der Waals surface area contributed by atoms with Gasteiger partial charge in [0.1, 0.15) is 22.4 Å². The summed E-state index contributed by atoms with van der Waals surface area (Å²) in [5.41, 5.74) is 0.799. The van der Waals surface area contributed by atoms with Crippen LogP contribution in [0.1, 0.15) is 32.0 Å². The average molecular weight is 301 g/mol. The van der Waals surface area contributed by atoms with Gasteiger partial charge in [-0.3, -0.25) is 5.32 Å². The second kappa shape index (κ2) is 5.94. The molecule has 2 aromatic rings. The summed E-state index contributed by atoms with van der Waals surface area (Å²) in [6.07, 6.45) is -0.637. The van der Waals surface area contributed by atoms with Crippen LogP contribution in [-0.2, 0) is 5.41 Å². The highest BCUT2D eigenvalue weighted by atomic mass is 32.1. The van der Waals surface area contributed by atoms with Gasteiger partial charge in [-0.05, 0) is 23.7 Å². The van der Waals surface area contributed by atoms with Crippen molar-refractivity contribution in [1.82, 2.24) is 4.37 Å².